The number of nitrogens with zero attached hydrogens (tertiary/aromatic N) is 1. The lowest BCUT2D eigenvalue weighted by molar-refractivity contribution is -0.383. The summed E-state index contributed by atoms with van der Waals surface area (Å²) in [6.45, 7) is 1.61. The molecular formula is C32H36N6O6S2. The van der Waals surface area contributed by atoms with Gasteiger partial charge in [-0.2, -0.15) is 0 Å². The topological polar surface area (TPSA) is 186 Å². The maximum atomic E-state index is 12.3. The first-order valence-corrected chi connectivity index (χ1v) is 17.8. The SMILES string of the molecule is Nc1cc(NS(=O)(=O)c2ccccc2)ccc1NCC1CC1.O=[N+]([O-])c1cc(NS(=O)(=O)c2ccccc2)ccc1NCC1CC1. The summed E-state index contributed by atoms with van der Waals surface area (Å²) in [4.78, 5) is 11.1. The van der Waals surface area contributed by atoms with E-state index in [0.29, 0.717) is 29.5 Å². The minimum Gasteiger partial charge on any atom is -0.397 e. The Balaban J connectivity index is 0.000000182. The van der Waals surface area contributed by atoms with Crippen LogP contribution in [0.15, 0.2) is 107 Å². The minimum atomic E-state index is -3.78. The molecule has 0 atom stereocenters. The molecule has 6 N–H and O–H groups in total. The number of nitrogens with two attached hydrogens (primary N) is 1. The zero-order valence-electron chi connectivity index (χ0n) is 24.9. The Morgan fingerprint density at radius 1 is 0.652 bits per heavy atom. The third kappa shape index (κ3) is 9.11. The fraction of sp³-hybridized carbons (Fsp3) is 0.250. The monoisotopic (exact) mass is 664 g/mol. The molecule has 0 aliphatic heterocycles. The Labute approximate surface area is 268 Å². The summed E-state index contributed by atoms with van der Waals surface area (Å²) < 4.78 is 54.0. The van der Waals surface area contributed by atoms with Crippen LogP contribution in [0.5, 0.6) is 0 Å². The van der Waals surface area contributed by atoms with Crippen molar-refractivity contribution in [2.75, 3.05) is 38.9 Å². The lowest BCUT2D eigenvalue weighted by atomic mass is 10.2. The van der Waals surface area contributed by atoms with E-state index in [1.807, 2.05) is 0 Å². The molecule has 0 aromatic heterocycles. The van der Waals surface area contributed by atoms with Crippen molar-refractivity contribution in [3.05, 3.63) is 107 Å². The molecule has 4 aromatic carbocycles. The van der Waals surface area contributed by atoms with Gasteiger partial charge in [0.05, 0.1) is 37.5 Å². The number of hydrogen-bond donors (Lipinski definition) is 5. The van der Waals surface area contributed by atoms with Crippen LogP contribution in [-0.2, 0) is 20.0 Å². The molecule has 12 nitrogen and oxygen atoms in total. The quantitative estimate of drug-likeness (QED) is 0.0639. The first-order chi connectivity index (χ1) is 22.0. The summed E-state index contributed by atoms with van der Waals surface area (Å²) in [5, 5.41) is 17.6. The highest BCUT2D eigenvalue weighted by Gasteiger charge is 2.24. The van der Waals surface area contributed by atoms with E-state index in [4.69, 9.17) is 5.73 Å². The van der Waals surface area contributed by atoms with Gasteiger partial charge < -0.3 is 16.4 Å². The number of sulfonamides is 2. The second-order valence-electron chi connectivity index (χ2n) is 11.3. The van der Waals surface area contributed by atoms with Crippen molar-refractivity contribution in [3.63, 3.8) is 0 Å². The van der Waals surface area contributed by atoms with Crippen LogP contribution in [0.4, 0.5) is 34.1 Å². The zero-order chi connectivity index (χ0) is 32.7. The number of hydrogen-bond acceptors (Lipinski definition) is 9. The van der Waals surface area contributed by atoms with Crippen molar-refractivity contribution >= 4 is 54.2 Å². The number of rotatable bonds is 13. The molecule has 2 saturated carbocycles. The average Bonchev–Trinajstić information content (AvgIpc) is 3.97. The smallest absolute Gasteiger partial charge is 0.294 e. The Kier molecular flexibility index (Phi) is 9.97. The molecule has 2 fully saturated rings. The zero-order valence-corrected chi connectivity index (χ0v) is 26.6. The molecule has 242 valence electrons. The molecular weight excluding hydrogens is 629 g/mol. The average molecular weight is 665 g/mol. The first-order valence-electron chi connectivity index (χ1n) is 14.8. The van der Waals surface area contributed by atoms with E-state index in [0.717, 1.165) is 31.0 Å². The molecule has 0 heterocycles. The summed E-state index contributed by atoms with van der Waals surface area (Å²) in [7, 11) is -7.36. The highest BCUT2D eigenvalue weighted by molar-refractivity contribution is 7.93. The minimum absolute atomic E-state index is 0.101. The molecule has 46 heavy (non-hydrogen) atoms. The van der Waals surface area contributed by atoms with Crippen molar-refractivity contribution in [1.29, 1.82) is 0 Å². The van der Waals surface area contributed by atoms with Gasteiger partial charge in [-0.05, 0) is 92.1 Å². The lowest BCUT2D eigenvalue weighted by Gasteiger charge is -2.12. The van der Waals surface area contributed by atoms with E-state index >= 15 is 0 Å². The van der Waals surface area contributed by atoms with Gasteiger partial charge in [0.15, 0.2) is 0 Å². The molecule has 0 unspecified atom stereocenters. The Morgan fingerprint density at radius 2 is 1.09 bits per heavy atom. The number of nitrogen functional groups attached to an aromatic ring is 1. The Bertz CT molecular complexity index is 1880. The molecule has 0 bridgehead atoms. The van der Waals surface area contributed by atoms with Crippen molar-refractivity contribution in [3.8, 4) is 0 Å². The second kappa shape index (κ2) is 14.1. The van der Waals surface area contributed by atoms with Crippen molar-refractivity contribution in [2.45, 2.75) is 35.5 Å². The molecule has 2 aliphatic rings. The van der Waals surface area contributed by atoms with Crippen LogP contribution >= 0.6 is 0 Å². The highest BCUT2D eigenvalue weighted by atomic mass is 32.2. The maximum Gasteiger partial charge on any atom is 0.294 e. The van der Waals surface area contributed by atoms with Crippen LogP contribution in [0.1, 0.15) is 25.7 Å². The van der Waals surface area contributed by atoms with Gasteiger partial charge in [-0.1, -0.05) is 36.4 Å². The normalized spacial score (nSPS) is 14.3. The van der Waals surface area contributed by atoms with Crippen LogP contribution in [0, 0.1) is 22.0 Å². The van der Waals surface area contributed by atoms with Gasteiger partial charge in [0, 0.05) is 19.2 Å². The molecule has 4 aromatic rings. The van der Waals surface area contributed by atoms with E-state index in [1.165, 1.54) is 43.2 Å². The van der Waals surface area contributed by atoms with Gasteiger partial charge in [-0.3, -0.25) is 19.6 Å². The van der Waals surface area contributed by atoms with Crippen LogP contribution in [0.25, 0.3) is 0 Å². The lowest BCUT2D eigenvalue weighted by Crippen LogP contribution is -2.13. The summed E-state index contributed by atoms with van der Waals surface area (Å²) in [5.74, 6) is 1.32. The molecule has 0 radical (unpaired) electrons. The summed E-state index contributed by atoms with van der Waals surface area (Å²) in [5.41, 5.74) is 8.23. The maximum absolute atomic E-state index is 12.3. The van der Waals surface area contributed by atoms with Crippen molar-refractivity contribution in [1.82, 2.24) is 0 Å². The van der Waals surface area contributed by atoms with Crippen molar-refractivity contribution < 1.29 is 21.8 Å². The van der Waals surface area contributed by atoms with Crippen LogP contribution in [0.3, 0.4) is 0 Å². The fourth-order valence-electron chi connectivity index (χ4n) is 4.46. The molecule has 14 heteroatoms. The van der Waals surface area contributed by atoms with E-state index < -0.39 is 25.0 Å². The van der Waals surface area contributed by atoms with Gasteiger partial charge in [-0.15, -0.1) is 0 Å². The Morgan fingerprint density at radius 3 is 1.52 bits per heavy atom. The predicted octanol–water partition coefficient (Wildman–Crippen LogP) is 6.11. The largest absolute Gasteiger partial charge is 0.397 e. The number of nitro groups is 1. The van der Waals surface area contributed by atoms with Gasteiger partial charge in [0.25, 0.3) is 25.7 Å². The fourth-order valence-corrected chi connectivity index (χ4v) is 6.60. The number of nitrogens with one attached hydrogen (secondary N) is 4. The molecule has 6 rings (SSSR count). The molecule has 0 saturated heterocycles. The third-order valence-electron chi connectivity index (χ3n) is 7.41. The van der Waals surface area contributed by atoms with Crippen LogP contribution < -0.4 is 25.8 Å². The van der Waals surface area contributed by atoms with Gasteiger partial charge in [-0.25, -0.2) is 16.8 Å². The van der Waals surface area contributed by atoms with E-state index in [1.54, 1.807) is 66.7 Å². The van der Waals surface area contributed by atoms with Crippen LogP contribution in [-0.4, -0.2) is 34.8 Å². The molecule has 2 aliphatic carbocycles. The highest BCUT2D eigenvalue weighted by Crippen LogP contribution is 2.33. The predicted molar refractivity (Wildman–Crippen MR) is 181 cm³/mol. The van der Waals surface area contributed by atoms with Crippen LogP contribution in [0.2, 0.25) is 0 Å². The number of benzene rings is 4. The van der Waals surface area contributed by atoms with E-state index in [2.05, 4.69) is 20.1 Å². The van der Waals surface area contributed by atoms with E-state index in [9.17, 15) is 26.9 Å². The first kappa shape index (κ1) is 32.6. The number of anilines is 5. The molecule has 0 amide bonds. The summed E-state index contributed by atoms with van der Waals surface area (Å²) >= 11 is 0. The van der Waals surface area contributed by atoms with Gasteiger partial charge in [0.2, 0.25) is 0 Å². The summed E-state index contributed by atoms with van der Waals surface area (Å²) in [6.07, 6.45) is 4.80. The van der Waals surface area contributed by atoms with Crippen molar-refractivity contribution in [2.24, 2.45) is 11.8 Å². The van der Waals surface area contributed by atoms with E-state index in [-0.39, 0.29) is 21.2 Å². The third-order valence-corrected chi connectivity index (χ3v) is 10.2. The van der Waals surface area contributed by atoms with Gasteiger partial charge >= 0.3 is 0 Å². The van der Waals surface area contributed by atoms with Gasteiger partial charge in [0.1, 0.15) is 5.69 Å². The summed E-state index contributed by atoms with van der Waals surface area (Å²) in [6, 6.07) is 25.6. The Hall–Kier alpha value is -4.82. The molecule has 0 spiro atoms. The number of nitro benzene ring substituents is 1. The second-order valence-corrected chi connectivity index (χ2v) is 14.6. The standard InChI is InChI=1S/C16H17N3O4S.C16H19N3O2S/c20-19(21)16-10-13(8-9-15(16)17-11-12-6-7-12)18-24(22,23)14-4-2-1-3-5-14;17-15-10-13(8-9-16(15)18-11-12-6-7-12)19-22(20,21)14-4-2-1-3-5-14/h1-5,8-10,12,17-18H,6-7,11H2;1-5,8-10,12,18-19H,6-7,11,17H2.